The average Bonchev–Trinajstić information content (AvgIpc) is 3.19. The Morgan fingerprint density at radius 1 is 1.48 bits per heavy atom. The lowest BCUT2D eigenvalue weighted by Crippen LogP contribution is -2.41. The van der Waals surface area contributed by atoms with Crippen LogP contribution in [0.1, 0.15) is 36.8 Å². The van der Waals surface area contributed by atoms with Crippen LogP contribution in [0, 0.1) is 0 Å². The van der Waals surface area contributed by atoms with E-state index >= 15 is 0 Å². The summed E-state index contributed by atoms with van der Waals surface area (Å²) in [4.78, 5) is 21.5. The van der Waals surface area contributed by atoms with Crippen LogP contribution in [0.5, 0.6) is 0 Å². The second kappa shape index (κ2) is 8.26. The molecule has 2 aromatic rings. The van der Waals surface area contributed by atoms with Crippen molar-refractivity contribution >= 4 is 5.91 Å². The highest BCUT2D eigenvalue weighted by molar-refractivity contribution is 5.81. The molecule has 8 nitrogen and oxygen atoms in total. The summed E-state index contributed by atoms with van der Waals surface area (Å²) >= 11 is 0. The number of amides is 1. The highest BCUT2D eigenvalue weighted by atomic mass is 16.2. The molecule has 0 unspecified atom stereocenters. The number of imidazole rings is 1. The number of nitrogens with zero attached hydrogens (tertiary/aromatic N) is 4. The normalized spacial score (nSPS) is 16.2. The van der Waals surface area contributed by atoms with Gasteiger partial charge in [0.25, 0.3) is 0 Å². The van der Waals surface area contributed by atoms with Gasteiger partial charge in [0.1, 0.15) is 0 Å². The SMILES string of the molecule is CCCN1CCCn2nc(CNC(=O)[C@@H](N)Cc3cnc[nH]3)cc2C1. The van der Waals surface area contributed by atoms with Crippen LogP contribution < -0.4 is 11.1 Å². The third-order valence-corrected chi connectivity index (χ3v) is 4.46. The summed E-state index contributed by atoms with van der Waals surface area (Å²) in [7, 11) is 0. The molecule has 3 rings (SSSR count). The number of rotatable bonds is 7. The smallest absolute Gasteiger partial charge is 0.237 e. The van der Waals surface area contributed by atoms with Crippen molar-refractivity contribution in [3.63, 3.8) is 0 Å². The van der Waals surface area contributed by atoms with E-state index in [0.717, 1.165) is 50.4 Å². The number of nitrogens with one attached hydrogen (secondary N) is 2. The number of carbonyl (C=O) groups excluding carboxylic acids is 1. The van der Waals surface area contributed by atoms with Gasteiger partial charge in [0, 0.05) is 37.9 Å². The molecule has 0 fully saturated rings. The molecular formula is C17H27N7O. The molecule has 3 heterocycles. The molecule has 1 atom stereocenters. The van der Waals surface area contributed by atoms with E-state index in [2.05, 4.69) is 43.0 Å². The zero-order valence-electron chi connectivity index (χ0n) is 14.7. The molecule has 8 heteroatoms. The molecule has 25 heavy (non-hydrogen) atoms. The van der Waals surface area contributed by atoms with E-state index in [0.29, 0.717) is 13.0 Å². The molecule has 0 saturated heterocycles. The fourth-order valence-electron chi connectivity index (χ4n) is 3.22. The minimum atomic E-state index is -0.596. The Hall–Kier alpha value is -2.19. The highest BCUT2D eigenvalue weighted by Gasteiger charge is 2.18. The summed E-state index contributed by atoms with van der Waals surface area (Å²) in [5.41, 5.74) is 8.91. The van der Waals surface area contributed by atoms with E-state index in [1.54, 1.807) is 12.5 Å². The maximum Gasteiger partial charge on any atom is 0.237 e. The summed E-state index contributed by atoms with van der Waals surface area (Å²) in [6, 6.07) is 1.50. The molecule has 136 valence electrons. The van der Waals surface area contributed by atoms with E-state index in [1.165, 1.54) is 5.69 Å². The molecule has 1 amide bonds. The highest BCUT2D eigenvalue weighted by Crippen LogP contribution is 2.14. The quantitative estimate of drug-likeness (QED) is 0.674. The van der Waals surface area contributed by atoms with Crippen LogP contribution in [0.15, 0.2) is 18.6 Å². The van der Waals surface area contributed by atoms with Crippen molar-refractivity contribution in [3.05, 3.63) is 35.7 Å². The topological polar surface area (TPSA) is 105 Å². The maximum absolute atomic E-state index is 12.2. The number of hydrogen-bond donors (Lipinski definition) is 3. The molecule has 0 spiro atoms. The number of aryl methyl sites for hydroxylation is 1. The third-order valence-electron chi connectivity index (χ3n) is 4.46. The Morgan fingerprint density at radius 3 is 3.12 bits per heavy atom. The molecular weight excluding hydrogens is 318 g/mol. The van der Waals surface area contributed by atoms with Gasteiger partial charge in [0.15, 0.2) is 0 Å². The average molecular weight is 345 g/mol. The van der Waals surface area contributed by atoms with Gasteiger partial charge in [-0.3, -0.25) is 14.4 Å². The fourth-order valence-corrected chi connectivity index (χ4v) is 3.22. The largest absolute Gasteiger partial charge is 0.349 e. The molecule has 0 radical (unpaired) electrons. The first-order chi connectivity index (χ1) is 12.2. The molecule has 2 aromatic heterocycles. The number of hydrogen-bond acceptors (Lipinski definition) is 5. The van der Waals surface area contributed by atoms with Gasteiger partial charge in [-0.25, -0.2) is 4.98 Å². The number of fused-ring (bicyclic) bond motifs is 1. The Labute approximate surface area is 147 Å². The van der Waals surface area contributed by atoms with Gasteiger partial charge < -0.3 is 16.0 Å². The van der Waals surface area contributed by atoms with Gasteiger partial charge in [-0.2, -0.15) is 5.10 Å². The lowest BCUT2D eigenvalue weighted by Gasteiger charge is -2.17. The minimum absolute atomic E-state index is 0.176. The number of carbonyl (C=O) groups is 1. The monoisotopic (exact) mass is 345 g/mol. The van der Waals surface area contributed by atoms with Crippen molar-refractivity contribution in [3.8, 4) is 0 Å². The number of nitrogens with two attached hydrogens (primary N) is 1. The lowest BCUT2D eigenvalue weighted by molar-refractivity contribution is -0.122. The lowest BCUT2D eigenvalue weighted by atomic mass is 10.1. The van der Waals surface area contributed by atoms with Crippen LogP contribution in [-0.4, -0.2) is 49.7 Å². The van der Waals surface area contributed by atoms with Gasteiger partial charge in [0.2, 0.25) is 5.91 Å². The van der Waals surface area contributed by atoms with Crippen molar-refractivity contribution < 1.29 is 4.79 Å². The summed E-state index contributed by atoms with van der Waals surface area (Å²) in [6.07, 6.45) is 5.97. The maximum atomic E-state index is 12.2. The summed E-state index contributed by atoms with van der Waals surface area (Å²) in [6.45, 7) is 6.70. The standard InChI is InChI=1S/C17H27N7O/c1-2-4-23-5-3-6-24-15(11-23)7-14(22-24)10-20-17(25)16(18)8-13-9-19-12-21-13/h7,9,12,16H,2-6,8,10-11,18H2,1H3,(H,19,21)(H,20,25)/t16-/m0/s1. The first-order valence-electron chi connectivity index (χ1n) is 8.94. The molecule has 1 aliphatic heterocycles. The Bertz CT molecular complexity index is 679. The molecule has 0 aromatic carbocycles. The predicted molar refractivity (Wildman–Crippen MR) is 94.5 cm³/mol. The van der Waals surface area contributed by atoms with Gasteiger partial charge >= 0.3 is 0 Å². The van der Waals surface area contributed by atoms with Gasteiger partial charge in [0.05, 0.1) is 30.3 Å². The number of aromatic amines is 1. The van der Waals surface area contributed by atoms with Gasteiger partial charge in [-0.05, 0) is 25.5 Å². The fraction of sp³-hybridized carbons (Fsp3) is 0.588. The minimum Gasteiger partial charge on any atom is -0.349 e. The van der Waals surface area contributed by atoms with Crippen molar-refractivity contribution in [2.75, 3.05) is 13.1 Å². The summed E-state index contributed by atoms with van der Waals surface area (Å²) in [5.74, 6) is -0.176. The van der Waals surface area contributed by atoms with Crippen LogP contribution in [-0.2, 0) is 30.8 Å². The summed E-state index contributed by atoms with van der Waals surface area (Å²) < 4.78 is 2.07. The molecule has 0 bridgehead atoms. The van der Waals surface area contributed by atoms with Crippen molar-refractivity contribution in [1.29, 1.82) is 0 Å². The molecule has 1 aliphatic rings. The first kappa shape index (κ1) is 17.6. The Kier molecular flexibility index (Phi) is 5.83. The van der Waals surface area contributed by atoms with Gasteiger partial charge in [-0.1, -0.05) is 6.92 Å². The number of H-pyrrole nitrogens is 1. The molecule has 4 N–H and O–H groups in total. The van der Waals surface area contributed by atoms with Crippen molar-refractivity contribution in [2.45, 2.75) is 51.9 Å². The predicted octanol–water partition coefficient (Wildman–Crippen LogP) is 0.408. The first-order valence-corrected chi connectivity index (χ1v) is 8.94. The zero-order chi connectivity index (χ0) is 17.6. The second-order valence-corrected chi connectivity index (χ2v) is 6.59. The van der Waals surface area contributed by atoms with E-state index in [-0.39, 0.29) is 5.91 Å². The van der Waals surface area contributed by atoms with Crippen LogP contribution in [0.2, 0.25) is 0 Å². The Balaban J connectivity index is 1.53. The Morgan fingerprint density at radius 2 is 2.36 bits per heavy atom. The van der Waals surface area contributed by atoms with Crippen LogP contribution in [0.4, 0.5) is 0 Å². The van der Waals surface area contributed by atoms with E-state index in [1.807, 2.05) is 0 Å². The van der Waals surface area contributed by atoms with Crippen LogP contribution in [0.25, 0.3) is 0 Å². The van der Waals surface area contributed by atoms with Crippen LogP contribution in [0.3, 0.4) is 0 Å². The second-order valence-electron chi connectivity index (χ2n) is 6.59. The van der Waals surface area contributed by atoms with E-state index in [9.17, 15) is 4.79 Å². The zero-order valence-corrected chi connectivity index (χ0v) is 14.7. The van der Waals surface area contributed by atoms with E-state index < -0.39 is 6.04 Å². The molecule has 0 aliphatic carbocycles. The van der Waals surface area contributed by atoms with Crippen LogP contribution >= 0.6 is 0 Å². The molecule has 0 saturated carbocycles. The summed E-state index contributed by atoms with van der Waals surface area (Å²) in [5, 5.41) is 7.52. The van der Waals surface area contributed by atoms with Gasteiger partial charge in [-0.15, -0.1) is 0 Å². The number of aromatic nitrogens is 4. The third kappa shape index (κ3) is 4.67. The van der Waals surface area contributed by atoms with E-state index in [4.69, 9.17) is 5.73 Å². The van der Waals surface area contributed by atoms with Crippen molar-refractivity contribution in [2.24, 2.45) is 5.73 Å². The van der Waals surface area contributed by atoms with Crippen molar-refractivity contribution in [1.82, 2.24) is 30.0 Å².